The van der Waals surface area contributed by atoms with E-state index in [0.717, 1.165) is 38.3 Å². The van der Waals surface area contributed by atoms with Gasteiger partial charge in [-0.05, 0) is 55.8 Å². The maximum Gasteiger partial charge on any atom is 0.137 e. The molecule has 0 radical (unpaired) electrons. The van der Waals surface area contributed by atoms with Gasteiger partial charge in [0, 0.05) is 6.54 Å². The van der Waals surface area contributed by atoms with Gasteiger partial charge in [0.1, 0.15) is 5.75 Å². The van der Waals surface area contributed by atoms with Crippen LogP contribution in [0.5, 0.6) is 5.75 Å². The van der Waals surface area contributed by atoms with Crippen LogP contribution in [0.3, 0.4) is 0 Å². The van der Waals surface area contributed by atoms with Crippen molar-refractivity contribution in [3.8, 4) is 5.75 Å². The Morgan fingerprint density at radius 1 is 1.29 bits per heavy atom. The number of hydrogen-bond donors (Lipinski definition) is 1. The Bertz CT molecular complexity index is 418. The Morgan fingerprint density at radius 3 is 2.76 bits per heavy atom. The zero-order chi connectivity index (χ0) is 15.5. The topological polar surface area (TPSA) is 21.3 Å². The molecule has 1 aromatic carbocycles. The molecule has 0 bridgehead atoms. The average Bonchev–Trinajstić information content (AvgIpc) is 2.44. The van der Waals surface area contributed by atoms with Gasteiger partial charge in [-0.25, -0.2) is 0 Å². The van der Waals surface area contributed by atoms with Crippen LogP contribution in [-0.4, -0.2) is 13.2 Å². The fourth-order valence-electron chi connectivity index (χ4n) is 2.03. The Labute approximate surface area is 134 Å². The summed E-state index contributed by atoms with van der Waals surface area (Å²) >= 11 is 6.27. The van der Waals surface area contributed by atoms with E-state index < -0.39 is 0 Å². The SMILES string of the molecule is C=CCCCCCOc1ccc(CNCC(C)C)cc1Cl. The molecule has 0 saturated heterocycles. The van der Waals surface area contributed by atoms with Crippen molar-refractivity contribution in [2.45, 2.75) is 46.1 Å². The lowest BCUT2D eigenvalue weighted by atomic mass is 10.2. The molecule has 3 heteroatoms. The van der Waals surface area contributed by atoms with Gasteiger partial charge in [-0.15, -0.1) is 6.58 Å². The molecule has 0 aromatic heterocycles. The van der Waals surface area contributed by atoms with Crippen molar-refractivity contribution in [1.29, 1.82) is 0 Å². The lowest BCUT2D eigenvalue weighted by molar-refractivity contribution is 0.305. The van der Waals surface area contributed by atoms with E-state index in [4.69, 9.17) is 16.3 Å². The van der Waals surface area contributed by atoms with Crippen LogP contribution in [0.15, 0.2) is 30.9 Å². The molecule has 0 aliphatic rings. The summed E-state index contributed by atoms with van der Waals surface area (Å²) in [6, 6.07) is 6.03. The van der Waals surface area contributed by atoms with Gasteiger partial charge in [0.25, 0.3) is 0 Å². The minimum Gasteiger partial charge on any atom is -0.492 e. The Balaban J connectivity index is 2.31. The number of allylic oxidation sites excluding steroid dienone is 1. The number of hydrogen-bond acceptors (Lipinski definition) is 2. The van der Waals surface area contributed by atoms with Gasteiger partial charge in [0.2, 0.25) is 0 Å². The highest BCUT2D eigenvalue weighted by molar-refractivity contribution is 6.32. The Hall–Kier alpha value is -0.990. The summed E-state index contributed by atoms with van der Waals surface area (Å²) < 4.78 is 5.74. The molecule has 0 unspecified atom stereocenters. The van der Waals surface area contributed by atoms with Crippen molar-refractivity contribution in [1.82, 2.24) is 5.32 Å². The lowest BCUT2D eigenvalue weighted by Gasteiger charge is -2.11. The number of rotatable bonds is 11. The molecule has 118 valence electrons. The van der Waals surface area contributed by atoms with Crippen LogP contribution in [0.25, 0.3) is 0 Å². The van der Waals surface area contributed by atoms with Gasteiger partial charge >= 0.3 is 0 Å². The zero-order valence-electron chi connectivity index (χ0n) is 13.3. The van der Waals surface area contributed by atoms with E-state index in [0.29, 0.717) is 10.9 Å². The normalized spacial score (nSPS) is 10.9. The molecule has 0 fully saturated rings. The van der Waals surface area contributed by atoms with Crippen LogP contribution in [-0.2, 0) is 6.54 Å². The molecule has 0 heterocycles. The number of nitrogens with one attached hydrogen (secondary N) is 1. The van der Waals surface area contributed by atoms with Crippen LogP contribution in [0.2, 0.25) is 5.02 Å². The second-order valence-electron chi connectivity index (χ2n) is 5.78. The molecule has 0 atom stereocenters. The highest BCUT2D eigenvalue weighted by Crippen LogP contribution is 2.25. The largest absolute Gasteiger partial charge is 0.492 e. The summed E-state index contributed by atoms with van der Waals surface area (Å²) in [6.45, 7) is 10.7. The first-order chi connectivity index (χ1) is 10.1. The quantitative estimate of drug-likeness (QED) is 0.447. The first-order valence-electron chi connectivity index (χ1n) is 7.86. The summed E-state index contributed by atoms with van der Waals surface area (Å²) in [4.78, 5) is 0. The predicted octanol–water partition coefficient (Wildman–Crippen LogP) is 5.21. The highest BCUT2D eigenvalue weighted by Gasteiger charge is 2.03. The molecule has 21 heavy (non-hydrogen) atoms. The molecular formula is C18H28ClNO. The fraction of sp³-hybridized carbons (Fsp3) is 0.556. The summed E-state index contributed by atoms with van der Waals surface area (Å²) in [7, 11) is 0. The number of halogens is 1. The van der Waals surface area contributed by atoms with E-state index in [1.807, 2.05) is 18.2 Å². The summed E-state index contributed by atoms with van der Waals surface area (Å²) in [5.74, 6) is 1.44. The molecule has 1 aromatic rings. The highest BCUT2D eigenvalue weighted by atomic mass is 35.5. The standard InChI is InChI=1S/C18H28ClNO/c1-4-5-6-7-8-11-21-18-10-9-16(12-17(18)19)14-20-13-15(2)3/h4,9-10,12,15,20H,1,5-8,11,13-14H2,2-3H3. The van der Waals surface area contributed by atoms with E-state index in [2.05, 4.69) is 31.8 Å². The van der Waals surface area contributed by atoms with Crippen molar-refractivity contribution in [3.05, 3.63) is 41.4 Å². The van der Waals surface area contributed by atoms with Gasteiger partial charge < -0.3 is 10.1 Å². The molecule has 1 rings (SSSR count). The third-order valence-electron chi connectivity index (χ3n) is 3.19. The number of benzene rings is 1. The molecule has 1 N–H and O–H groups in total. The molecule has 0 spiro atoms. The van der Waals surface area contributed by atoms with Crippen LogP contribution in [0.1, 0.15) is 45.1 Å². The van der Waals surface area contributed by atoms with Gasteiger partial charge in [-0.1, -0.05) is 37.6 Å². The van der Waals surface area contributed by atoms with E-state index in [-0.39, 0.29) is 0 Å². The van der Waals surface area contributed by atoms with Crippen LogP contribution in [0, 0.1) is 5.92 Å². The fourth-order valence-corrected chi connectivity index (χ4v) is 2.28. The second kappa shape index (κ2) is 10.7. The van der Waals surface area contributed by atoms with Crippen molar-refractivity contribution in [2.75, 3.05) is 13.2 Å². The van der Waals surface area contributed by atoms with Gasteiger partial charge in [-0.2, -0.15) is 0 Å². The first kappa shape index (κ1) is 18.1. The van der Waals surface area contributed by atoms with Crippen molar-refractivity contribution >= 4 is 11.6 Å². The summed E-state index contributed by atoms with van der Waals surface area (Å²) in [5.41, 5.74) is 1.19. The third kappa shape index (κ3) is 8.13. The van der Waals surface area contributed by atoms with E-state index in [9.17, 15) is 0 Å². The molecular weight excluding hydrogens is 282 g/mol. The Kier molecular flexibility index (Phi) is 9.20. The minimum atomic E-state index is 0.657. The van der Waals surface area contributed by atoms with Gasteiger partial charge in [0.15, 0.2) is 0 Å². The maximum absolute atomic E-state index is 6.27. The monoisotopic (exact) mass is 309 g/mol. The maximum atomic E-state index is 6.27. The van der Waals surface area contributed by atoms with Gasteiger partial charge in [0.05, 0.1) is 11.6 Å². The molecule has 0 aliphatic carbocycles. The molecule has 0 amide bonds. The van der Waals surface area contributed by atoms with Crippen LogP contribution in [0.4, 0.5) is 0 Å². The van der Waals surface area contributed by atoms with Crippen molar-refractivity contribution in [3.63, 3.8) is 0 Å². The van der Waals surface area contributed by atoms with Crippen LogP contribution >= 0.6 is 11.6 Å². The van der Waals surface area contributed by atoms with E-state index in [1.54, 1.807) is 0 Å². The lowest BCUT2D eigenvalue weighted by Crippen LogP contribution is -2.18. The Morgan fingerprint density at radius 2 is 2.10 bits per heavy atom. The van der Waals surface area contributed by atoms with Crippen LogP contribution < -0.4 is 10.1 Å². The zero-order valence-corrected chi connectivity index (χ0v) is 14.1. The summed E-state index contributed by atoms with van der Waals surface area (Å²) in [6.07, 6.45) is 6.45. The van der Waals surface area contributed by atoms with E-state index >= 15 is 0 Å². The predicted molar refractivity (Wildman–Crippen MR) is 92.2 cm³/mol. The third-order valence-corrected chi connectivity index (χ3v) is 3.48. The van der Waals surface area contributed by atoms with Crippen molar-refractivity contribution in [2.24, 2.45) is 5.92 Å². The van der Waals surface area contributed by atoms with E-state index in [1.165, 1.54) is 18.4 Å². The first-order valence-corrected chi connectivity index (χ1v) is 8.24. The minimum absolute atomic E-state index is 0.657. The average molecular weight is 310 g/mol. The molecule has 2 nitrogen and oxygen atoms in total. The summed E-state index contributed by atoms with van der Waals surface area (Å²) in [5, 5.41) is 4.11. The second-order valence-corrected chi connectivity index (χ2v) is 6.18. The number of unbranched alkanes of at least 4 members (excludes halogenated alkanes) is 3. The molecule has 0 saturated carbocycles. The number of ether oxygens (including phenoxy) is 1. The van der Waals surface area contributed by atoms with Gasteiger partial charge in [-0.3, -0.25) is 0 Å². The molecule has 0 aliphatic heterocycles. The van der Waals surface area contributed by atoms with Crippen molar-refractivity contribution < 1.29 is 4.74 Å². The smallest absolute Gasteiger partial charge is 0.137 e.